The molecule has 24 heavy (non-hydrogen) atoms. The summed E-state index contributed by atoms with van der Waals surface area (Å²) in [6, 6.07) is 4.99. The maximum absolute atomic E-state index is 12.3. The molecule has 2 aliphatic rings. The molecule has 3 rings (SSSR count). The van der Waals surface area contributed by atoms with Crippen molar-refractivity contribution in [3.8, 4) is 11.5 Å². The van der Waals surface area contributed by atoms with Gasteiger partial charge in [-0.05, 0) is 36.5 Å². The number of urea groups is 2. The van der Waals surface area contributed by atoms with Gasteiger partial charge in [0.05, 0.1) is 0 Å². The zero-order chi connectivity index (χ0) is 16.9. The van der Waals surface area contributed by atoms with Gasteiger partial charge in [0.1, 0.15) is 0 Å². The fourth-order valence-corrected chi connectivity index (χ4v) is 3.00. The lowest BCUT2D eigenvalue weighted by Crippen LogP contribution is -2.47. The van der Waals surface area contributed by atoms with Crippen LogP contribution < -0.4 is 25.8 Å². The molecule has 0 aromatic heterocycles. The summed E-state index contributed by atoms with van der Waals surface area (Å²) in [6.45, 7) is 2.50. The van der Waals surface area contributed by atoms with Gasteiger partial charge in [-0.2, -0.15) is 0 Å². The Labute approximate surface area is 140 Å². The Morgan fingerprint density at radius 2 is 2.08 bits per heavy atom. The van der Waals surface area contributed by atoms with Gasteiger partial charge in [-0.15, -0.1) is 0 Å². The first kappa shape index (κ1) is 16.2. The summed E-state index contributed by atoms with van der Waals surface area (Å²) in [6.07, 6.45) is 1.90. The molecule has 0 unspecified atom stereocenters. The predicted octanol–water partition coefficient (Wildman–Crippen LogP) is 1.01. The number of carbonyl (C=O) groups excluding carboxylic acids is 2. The first-order valence-corrected chi connectivity index (χ1v) is 8.06. The number of likely N-dealkylation sites (tertiary alicyclic amines) is 1. The molecule has 8 heteroatoms. The number of nitrogens with two attached hydrogens (primary N) is 1. The lowest BCUT2D eigenvalue weighted by atomic mass is 9.98. The topological polar surface area (TPSA) is 106 Å². The minimum atomic E-state index is -0.528. The number of primary amides is 1. The number of piperidine rings is 1. The van der Waals surface area contributed by atoms with E-state index in [2.05, 4.69) is 10.6 Å². The van der Waals surface area contributed by atoms with E-state index in [1.807, 2.05) is 18.2 Å². The summed E-state index contributed by atoms with van der Waals surface area (Å²) in [5, 5.41) is 5.54. The van der Waals surface area contributed by atoms with E-state index >= 15 is 0 Å². The lowest BCUT2D eigenvalue weighted by Gasteiger charge is -2.32. The van der Waals surface area contributed by atoms with Crippen molar-refractivity contribution in [2.45, 2.75) is 19.4 Å². The second-order valence-electron chi connectivity index (χ2n) is 6.05. The molecule has 2 heterocycles. The van der Waals surface area contributed by atoms with Gasteiger partial charge < -0.3 is 30.7 Å². The Balaban J connectivity index is 1.48. The molecule has 130 valence electrons. The van der Waals surface area contributed by atoms with Crippen LogP contribution in [0.2, 0.25) is 0 Å². The molecule has 0 radical (unpaired) electrons. The van der Waals surface area contributed by atoms with Crippen LogP contribution in [0.5, 0.6) is 11.5 Å². The molecule has 1 fully saturated rings. The highest BCUT2D eigenvalue weighted by Crippen LogP contribution is 2.32. The van der Waals surface area contributed by atoms with Gasteiger partial charge in [0.2, 0.25) is 6.79 Å². The van der Waals surface area contributed by atoms with Crippen molar-refractivity contribution in [1.82, 2.24) is 15.5 Å². The van der Waals surface area contributed by atoms with Crippen LogP contribution in [0.4, 0.5) is 9.59 Å². The number of rotatable bonds is 4. The van der Waals surface area contributed by atoms with Gasteiger partial charge >= 0.3 is 12.1 Å². The summed E-state index contributed by atoms with van der Waals surface area (Å²) >= 11 is 0. The summed E-state index contributed by atoms with van der Waals surface area (Å²) in [4.78, 5) is 24.9. The van der Waals surface area contributed by atoms with Crippen LogP contribution in [0.25, 0.3) is 0 Å². The van der Waals surface area contributed by atoms with E-state index in [1.165, 1.54) is 0 Å². The molecule has 1 aromatic rings. The van der Waals surface area contributed by atoms with E-state index in [9.17, 15) is 9.59 Å². The summed E-state index contributed by atoms with van der Waals surface area (Å²) in [5.41, 5.74) is 6.05. The van der Waals surface area contributed by atoms with E-state index in [-0.39, 0.29) is 18.7 Å². The highest BCUT2D eigenvalue weighted by molar-refractivity contribution is 5.74. The third-order valence-corrected chi connectivity index (χ3v) is 4.25. The molecule has 1 saturated heterocycles. The van der Waals surface area contributed by atoms with Crippen molar-refractivity contribution in [1.29, 1.82) is 0 Å². The van der Waals surface area contributed by atoms with Crippen molar-refractivity contribution >= 4 is 12.1 Å². The van der Waals surface area contributed by atoms with Crippen LogP contribution in [0.15, 0.2) is 18.2 Å². The number of fused-ring (bicyclic) bond motifs is 1. The van der Waals surface area contributed by atoms with Crippen LogP contribution in [-0.4, -0.2) is 43.4 Å². The fourth-order valence-electron chi connectivity index (χ4n) is 3.00. The van der Waals surface area contributed by atoms with Gasteiger partial charge in [0.15, 0.2) is 11.5 Å². The molecule has 0 spiro atoms. The molecule has 1 aromatic carbocycles. The molecular weight excluding hydrogens is 312 g/mol. The number of carbonyl (C=O) groups is 2. The monoisotopic (exact) mass is 334 g/mol. The van der Waals surface area contributed by atoms with Gasteiger partial charge in [0, 0.05) is 26.2 Å². The number of benzene rings is 1. The maximum Gasteiger partial charge on any atom is 0.317 e. The lowest BCUT2D eigenvalue weighted by molar-refractivity contribution is 0.164. The van der Waals surface area contributed by atoms with E-state index in [0.29, 0.717) is 25.4 Å². The summed E-state index contributed by atoms with van der Waals surface area (Å²) < 4.78 is 10.6. The number of hydrogen-bond acceptors (Lipinski definition) is 4. The maximum atomic E-state index is 12.3. The van der Waals surface area contributed by atoms with Crippen molar-refractivity contribution in [3.63, 3.8) is 0 Å². The summed E-state index contributed by atoms with van der Waals surface area (Å²) in [7, 11) is 0. The van der Waals surface area contributed by atoms with Crippen LogP contribution >= 0.6 is 0 Å². The molecule has 1 atom stereocenters. The fraction of sp³-hybridized carbons (Fsp3) is 0.500. The third-order valence-electron chi connectivity index (χ3n) is 4.25. The number of hydrogen-bond donors (Lipinski definition) is 3. The van der Waals surface area contributed by atoms with Crippen molar-refractivity contribution in [3.05, 3.63) is 23.8 Å². The average molecular weight is 334 g/mol. The Bertz CT molecular complexity index is 622. The molecule has 0 saturated carbocycles. The normalized spacial score (nSPS) is 19.0. The van der Waals surface area contributed by atoms with E-state index in [0.717, 1.165) is 30.7 Å². The second kappa shape index (κ2) is 7.29. The van der Waals surface area contributed by atoms with Gasteiger partial charge in [0.25, 0.3) is 0 Å². The van der Waals surface area contributed by atoms with Gasteiger partial charge in [-0.25, -0.2) is 9.59 Å². The van der Waals surface area contributed by atoms with E-state index in [4.69, 9.17) is 15.2 Å². The molecule has 2 aliphatic heterocycles. The van der Waals surface area contributed by atoms with Gasteiger partial charge in [-0.3, -0.25) is 0 Å². The SMILES string of the molecule is NC(=O)NC[C@H]1CCCN(C(=O)NCc2ccc3c(c2)OCO3)C1. The number of amides is 4. The number of nitrogens with one attached hydrogen (secondary N) is 2. The molecular formula is C16H22N4O4. The van der Waals surface area contributed by atoms with Crippen LogP contribution in [0.1, 0.15) is 18.4 Å². The smallest absolute Gasteiger partial charge is 0.317 e. The first-order chi connectivity index (χ1) is 11.6. The van der Waals surface area contributed by atoms with E-state index in [1.54, 1.807) is 4.90 Å². The Hall–Kier alpha value is -2.64. The minimum absolute atomic E-state index is 0.101. The molecule has 0 bridgehead atoms. The molecule has 8 nitrogen and oxygen atoms in total. The zero-order valence-electron chi connectivity index (χ0n) is 13.4. The Kier molecular flexibility index (Phi) is 4.93. The standard InChI is InChI=1S/C16H22N4O4/c17-15(21)18-8-12-2-1-5-20(9-12)16(22)19-7-11-3-4-13-14(6-11)24-10-23-13/h3-4,6,12H,1-2,5,7-10H2,(H,19,22)(H3,17,18,21)/t12-/m1/s1. The Morgan fingerprint density at radius 1 is 1.25 bits per heavy atom. The van der Waals surface area contributed by atoms with Gasteiger partial charge in [-0.1, -0.05) is 6.07 Å². The third kappa shape index (κ3) is 4.01. The largest absolute Gasteiger partial charge is 0.454 e. The van der Waals surface area contributed by atoms with Crippen LogP contribution in [0, 0.1) is 5.92 Å². The highest BCUT2D eigenvalue weighted by Gasteiger charge is 2.23. The van der Waals surface area contributed by atoms with Crippen molar-refractivity contribution in [2.75, 3.05) is 26.4 Å². The Morgan fingerprint density at radius 3 is 2.92 bits per heavy atom. The number of nitrogens with zero attached hydrogens (tertiary/aromatic N) is 1. The average Bonchev–Trinajstić information content (AvgIpc) is 3.06. The highest BCUT2D eigenvalue weighted by atomic mass is 16.7. The molecule has 4 amide bonds. The first-order valence-electron chi connectivity index (χ1n) is 8.06. The second-order valence-corrected chi connectivity index (χ2v) is 6.05. The quantitative estimate of drug-likeness (QED) is 0.764. The predicted molar refractivity (Wildman–Crippen MR) is 86.7 cm³/mol. The minimum Gasteiger partial charge on any atom is -0.454 e. The van der Waals surface area contributed by atoms with E-state index < -0.39 is 6.03 Å². The van der Waals surface area contributed by atoms with Crippen molar-refractivity contribution in [2.24, 2.45) is 11.7 Å². The zero-order valence-corrected chi connectivity index (χ0v) is 13.4. The van der Waals surface area contributed by atoms with Crippen molar-refractivity contribution < 1.29 is 19.1 Å². The van der Waals surface area contributed by atoms with Crippen LogP contribution in [-0.2, 0) is 6.54 Å². The molecule has 0 aliphatic carbocycles. The molecule has 4 N–H and O–H groups in total. The number of ether oxygens (including phenoxy) is 2. The van der Waals surface area contributed by atoms with Crippen LogP contribution in [0.3, 0.4) is 0 Å². The summed E-state index contributed by atoms with van der Waals surface area (Å²) in [5.74, 6) is 1.67.